The SMILES string of the molecule is COc1cc(CN2CCC(Oc3nc(C)cnc3C)CC2)cc(OC)c1. The van der Waals surface area contributed by atoms with E-state index < -0.39 is 0 Å². The molecule has 140 valence electrons. The number of piperidine rings is 1. The first-order valence-electron chi connectivity index (χ1n) is 8.98. The summed E-state index contributed by atoms with van der Waals surface area (Å²) in [5.74, 6) is 2.32. The van der Waals surface area contributed by atoms with Crippen LogP contribution in [0.5, 0.6) is 17.4 Å². The van der Waals surface area contributed by atoms with E-state index in [1.54, 1.807) is 20.4 Å². The average molecular weight is 357 g/mol. The molecule has 1 aromatic heterocycles. The molecule has 1 aliphatic heterocycles. The summed E-state index contributed by atoms with van der Waals surface area (Å²) in [6.07, 6.45) is 3.93. The minimum absolute atomic E-state index is 0.195. The molecule has 1 aromatic carbocycles. The van der Waals surface area contributed by atoms with E-state index in [1.807, 2.05) is 19.9 Å². The summed E-state index contributed by atoms with van der Waals surface area (Å²) in [6, 6.07) is 6.03. The number of benzene rings is 1. The van der Waals surface area contributed by atoms with Gasteiger partial charge in [-0.2, -0.15) is 0 Å². The molecular formula is C20H27N3O3. The lowest BCUT2D eigenvalue weighted by atomic mass is 10.1. The Morgan fingerprint density at radius 2 is 1.69 bits per heavy atom. The maximum Gasteiger partial charge on any atom is 0.235 e. The van der Waals surface area contributed by atoms with Gasteiger partial charge in [0, 0.05) is 31.9 Å². The Hall–Kier alpha value is -2.34. The van der Waals surface area contributed by atoms with E-state index in [0.29, 0.717) is 5.88 Å². The van der Waals surface area contributed by atoms with E-state index in [-0.39, 0.29) is 6.10 Å². The van der Waals surface area contributed by atoms with Gasteiger partial charge in [-0.25, -0.2) is 4.98 Å². The molecule has 0 atom stereocenters. The highest BCUT2D eigenvalue weighted by Crippen LogP contribution is 2.25. The Bertz CT molecular complexity index is 721. The van der Waals surface area contributed by atoms with Crippen molar-refractivity contribution in [3.8, 4) is 17.4 Å². The number of aromatic nitrogens is 2. The first-order chi connectivity index (χ1) is 12.6. The summed E-state index contributed by atoms with van der Waals surface area (Å²) in [5.41, 5.74) is 2.93. The fraction of sp³-hybridized carbons (Fsp3) is 0.500. The third kappa shape index (κ3) is 4.64. The van der Waals surface area contributed by atoms with E-state index in [4.69, 9.17) is 14.2 Å². The number of methoxy groups -OCH3 is 2. The molecule has 1 aliphatic rings. The van der Waals surface area contributed by atoms with Crippen molar-refractivity contribution in [3.05, 3.63) is 41.3 Å². The number of likely N-dealkylation sites (tertiary alicyclic amines) is 1. The van der Waals surface area contributed by atoms with Crippen molar-refractivity contribution in [1.82, 2.24) is 14.9 Å². The van der Waals surface area contributed by atoms with Gasteiger partial charge in [-0.05, 0) is 44.4 Å². The van der Waals surface area contributed by atoms with Crippen LogP contribution < -0.4 is 14.2 Å². The second-order valence-electron chi connectivity index (χ2n) is 6.72. The predicted octanol–water partition coefficient (Wildman–Crippen LogP) is 3.15. The van der Waals surface area contributed by atoms with Crippen LogP contribution in [0.4, 0.5) is 0 Å². The highest BCUT2D eigenvalue weighted by Gasteiger charge is 2.22. The molecule has 6 heteroatoms. The Kier molecular flexibility index (Phi) is 5.93. The molecule has 2 heterocycles. The molecule has 0 N–H and O–H groups in total. The summed E-state index contributed by atoms with van der Waals surface area (Å²) in [4.78, 5) is 11.2. The molecule has 0 saturated carbocycles. The Morgan fingerprint density at radius 3 is 2.31 bits per heavy atom. The van der Waals surface area contributed by atoms with Crippen LogP contribution in [0.2, 0.25) is 0 Å². The van der Waals surface area contributed by atoms with Gasteiger partial charge in [0.15, 0.2) is 0 Å². The van der Waals surface area contributed by atoms with Gasteiger partial charge in [-0.3, -0.25) is 9.88 Å². The predicted molar refractivity (Wildman–Crippen MR) is 100.0 cm³/mol. The minimum atomic E-state index is 0.195. The zero-order valence-corrected chi connectivity index (χ0v) is 16.0. The molecule has 1 saturated heterocycles. The highest BCUT2D eigenvalue weighted by molar-refractivity contribution is 5.38. The maximum absolute atomic E-state index is 6.10. The number of rotatable bonds is 6. The van der Waals surface area contributed by atoms with Crippen molar-refractivity contribution in [2.24, 2.45) is 0 Å². The summed E-state index contributed by atoms with van der Waals surface area (Å²) in [6.45, 7) is 6.73. The summed E-state index contributed by atoms with van der Waals surface area (Å²) in [7, 11) is 3.36. The molecule has 6 nitrogen and oxygen atoms in total. The van der Waals surface area contributed by atoms with Gasteiger partial charge < -0.3 is 14.2 Å². The van der Waals surface area contributed by atoms with Crippen molar-refractivity contribution in [3.63, 3.8) is 0 Å². The van der Waals surface area contributed by atoms with Crippen molar-refractivity contribution in [2.75, 3.05) is 27.3 Å². The zero-order valence-electron chi connectivity index (χ0n) is 16.0. The number of aryl methyl sites for hydroxylation is 2. The summed E-state index contributed by atoms with van der Waals surface area (Å²) in [5, 5.41) is 0. The Balaban J connectivity index is 1.56. The smallest absolute Gasteiger partial charge is 0.235 e. The fourth-order valence-electron chi connectivity index (χ4n) is 3.19. The average Bonchev–Trinajstić information content (AvgIpc) is 2.66. The molecule has 0 spiro atoms. The first kappa shape index (κ1) is 18.5. The number of ether oxygens (including phenoxy) is 3. The number of nitrogens with zero attached hydrogens (tertiary/aromatic N) is 3. The van der Waals surface area contributed by atoms with Crippen LogP contribution in [0.15, 0.2) is 24.4 Å². The highest BCUT2D eigenvalue weighted by atomic mass is 16.5. The number of hydrogen-bond acceptors (Lipinski definition) is 6. The van der Waals surface area contributed by atoms with Crippen LogP contribution >= 0.6 is 0 Å². The van der Waals surface area contributed by atoms with E-state index in [0.717, 1.165) is 55.4 Å². The van der Waals surface area contributed by atoms with Gasteiger partial charge in [0.1, 0.15) is 17.6 Å². The van der Waals surface area contributed by atoms with Gasteiger partial charge in [-0.1, -0.05) is 0 Å². The maximum atomic E-state index is 6.10. The van der Waals surface area contributed by atoms with Gasteiger partial charge in [-0.15, -0.1) is 0 Å². The summed E-state index contributed by atoms with van der Waals surface area (Å²) < 4.78 is 16.8. The van der Waals surface area contributed by atoms with Crippen LogP contribution in [0.25, 0.3) is 0 Å². The standard InChI is InChI=1S/C20H27N3O3/c1-14-12-21-15(2)20(22-14)26-17-5-7-23(8-6-17)13-16-9-18(24-3)11-19(10-16)25-4/h9-12,17H,5-8,13H2,1-4H3. The molecule has 2 aromatic rings. The van der Waals surface area contributed by atoms with Crippen LogP contribution in [-0.2, 0) is 6.54 Å². The molecule has 0 amide bonds. The van der Waals surface area contributed by atoms with Crippen molar-refractivity contribution >= 4 is 0 Å². The monoisotopic (exact) mass is 357 g/mol. The molecule has 0 radical (unpaired) electrons. The van der Waals surface area contributed by atoms with Crippen molar-refractivity contribution < 1.29 is 14.2 Å². The van der Waals surface area contributed by atoms with Gasteiger partial charge in [0.25, 0.3) is 0 Å². The normalized spacial score (nSPS) is 15.7. The first-order valence-corrected chi connectivity index (χ1v) is 8.98. The number of hydrogen-bond donors (Lipinski definition) is 0. The molecule has 0 unspecified atom stereocenters. The van der Waals surface area contributed by atoms with Crippen LogP contribution in [0.1, 0.15) is 29.8 Å². The molecule has 3 rings (SSSR count). The topological polar surface area (TPSA) is 56.7 Å². The summed E-state index contributed by atoms with van der Waals surface area (Å²) >= 11 is 0. The van der Waals surface area contributed by atoms with E-state index >= 15 is 0 Å². The third-order valence-corrected chi connectivity index (χ3v) is 4.66. The lowest BCUT2D eigenvalue weighted by Gasteiger charge is -2.32. The second kappa shape index (κ2) is 8.36. The molecule has 1 fully saturated rings. The largest absolute Gasteiger partial charge is 0.497 e. The third-order valence-electron chi connectivity index (χ3n) is 4.66. The molecule has 26 heavy (non-hydrogen) atoms. The molecular weight excluding hydrogens is 330 g/mol. The van der Waals surface area contributed by atoms with Crippen LogP contribution in [0.3, 0.4) is 0 Å². The van der Waals surface area contributed by atoms with Gasteiger partial charge >= 0.3 is 0 Å². The van der Waals surface area contributed by atoms with Gasteiger partial charge in [0.05, 0.1) is 25.6 Å². The van der Waals surface area contributed by atoms with E-state index in [1.165, 1.54) is 5.56 Å². The molecule has 0 bridgehead atoms. The zero-order chi connectivity index (χ0) is 18.5. The quantitative estimate of drug-likeness (QED) is 0.792. The van der Waals surface area contributed by atoms with Gasteiger partial charge in [0.2, 0.25) is 5.88 Å². The van der Waals surface area contributed by atoms with E-state index in [9.17, 15) is 0 Å². The molecule has 0 aliphatic carbocycles. The lowest BCUT2D eigenvalue weighted by Crippen LogP contribution is -2.38. The Labute approximate surface area is 155 Å². The minimum Gasteiger partial charge on any atom is -0.497 e. The fourth-order valence-corrected chi connectivity index (χ4v) is 3.19. The lowest BCUT2D eigenvalue weighted by molar-refractivity contribution is 0.0920. The van der Waals surface area contributed by atoms with Crippen molar-refractivity contribution in [2.45, 2.75) is 39.3 Å². The van der Waals surface area contributed by atoms with Crippen LogP contribution in [0, 0.1) is 13.8 Å². The second-order valence-corrected chi connectivity index (χ2v) is 6.72. The van der Waals surface area contributed by atoms with Crippen LogP contribution in [-0.4, -0.2) is 48.3 Å². The Morgan fingerprint density at radius 1 is 1.04 bits per heavy atom. The van der Waals surface area contributed by atoms with E-state index in [2.05, 4.69) is 27.0 Å². The van der Waals surface area contributed by atoms with Crippen molar-refractivity contribution in [1.29, 1.82) is 0 Å².